The molecule has 0 saturated carbocycles. The SMILES string of the molecule is CCCC(=O)Nc1ccc(CN=C(NCC)NC(C)C(C)C)cc1.I. The Morgan fingerprint density at radius 1 is 1.12 bits per heavy atom. The molecule has 1 amide bonds. The number of halogens is 1. The average molecular weight is 460 g/mol. The van der Waals surface area contributed by atoms with Gasteiger partial charge in [-0.3, -0.25) is 4.79 Å². The zero-order valence-electron chi connectivity index (χ0n) is 16.1. The summed E-state index contributed by atoms with van der Waals surface area (Å²) in [5.41, 5.74) is 1.94. The third kappa shape index (κ3) is 9.67. The molecule has 0 radical (unpaired) electrons. The molecular formula is C19H33IN4O. The van der Waals surface area contributed by atoms with Gasteiger partial charge in [0.2, 0.25) is 5.91 Å². The topological polar surface area (TPSA) is 65.5 Å². The number of aliphatic imine (C=N–C) groups is 1. The van der Waals surface area contributed by atoms with Crippen LogP contribution < -0.4 is 16.0 Å². The van der Waals surface area contributed by atoms with Crippen LogP contribution in [0.5, 0.6) is 0 Å². The molecule has 0 aliphatic heterocycles. The van der Waals surface area contributed by atoms with E-state index in [9.17, 15) is 4.79 Å². The van der Waals surface area contributed by atoms with Gasteiger partial charge in [0.1, 0.15) is 0 Å². The Balaban J connectivity index is 0.00000576. The third-order valence-corrected chi connectivity index (χ3v) is 3.84. The molecule has 0 fully saturated rings. The van der Waals surface area contributed by atoms with Crippen LogP contribution in [0.4, 0.5) is 5.69 Å². The molecule has 25 heavy (non-hydrogen) atoms. The number of nitrogens with zero attached hydrogens (tertiary/aromatic N) is 1. The van der Waals surface area contributed by atoms with Crippen molar-refractivity contribution in [2.45, 2.75) is 60.0 Å². The smallest absolute Gasteiger partial charge is 0.224 e. The van der Waals surface area contributed by atoms with E-state index in [0.717, 1.165) is 30.2 Å². The van der Waals surface area contributed by atoms with Crippen LogP contribution in [0.3, 0.4) is 0 Å². The Morgan fingerprint density at radius 3 is 2.28 bits per heavy atom. The van der Waals surface area contributed by atoms with Crippen molar-refractivity contribution in [3.8, 4) is 0 Å². The molecule has 142 valence electrons. The van der Waals surface area contributed by atoms with E-state index >= 15 is 0 Å². The van der Waals surface area contributed by atoms with Crippen LogP contribution in [0.2, 0.25) is 0 Å². The second kappa shape index (κ2) is 13.0. The molecule has 1 unspecified atom stereocenters. The van der Waals surface area contributed by atoms with E-state index in [1.54, 1.807) is 0 Å². The molecule has 0 aliphatic carbocycles. The van der Waals surface area contributed by atoms with Crippen molar-refractivity contribution in [3.05, 3.63) is 29.8 Å². The van der Waals surface area contributed by atoms with Gasteiger partial charge in [-0.25, -0.2) is 4.99 Å². The maximum absolute atomic E-state index is 11.6. The van der Waals surface area contributed by atoms with Gasteiger partial charge in [-0.1, -0.05) is 32.9 Å². The van der Waals surface area contributed by atoms with Crippen molar-refractivity contribution in [1.29, 1.82) is 0 Å². The first kappa shape index (κ1) is 23.7. The fourth-order valence-electron chi connectivity index (χ4n) is 2.02. The van der Waals surface area contributed by atoms with Gasteiger partial charge in [-0.05, 0) is 43.9 Å². The lowest BCUT2D eigenvalue weighted by Gasteiger charge is -2.20. The Bertz CT molecular complexity index is 529. The van der Waals surface area contributed by atoms with Gasteiger partial charge in [0.05, 0.1) is 6.54 Å². The molecule has 0 heterocycles. The molecule has 0 aromatic heterocycles. The van der Waals surface area contributed by atoms with Crippen LogP contribution in [0.1, 0.15) is 53.0 Å². The van der Waals surface area contributed by atoms with Gasteiger partial charge in [0.15, 0.2) is 5.96 Å². The number of amides is 1. The number of hydrogen-bond donors (Lipinski definition) is 3. The highest BCUT2D eigenvalue weighted by molar-refractivity contribution is 14.0. The molecule has 3 N–H and O–H groups in total. The summed E-state index contributed by atoms with van der Waals surface area (Å²) in [6.45, 7) is 12.0. The molecule has 0 bridgehead atoms. The maximum atomic E-state index is 11.6. The van der Waals surface area contributed by atoms with E-state index in [2.05, 4.69) is 48.6 Å². The van der Waals surface area contributed by atoms with Crippen molar-refractivity contribution in [3.63, 3.8) is 0 Å². The number of carbonyl (C=O) groups is 1. The van der Waals surface area contributed by atoms with Crippen LogP contribution in [0, 0.1) is 5.92 Å². The quantitative estimate of drug-likeness (QED) is 0.310. The van der Waals surface area contributed by atoms with E-state index in [-0.39, 0.29) is 29.9 Å². The lowest BCUT2D eigenvalue weighted by molar-refractivity contribution is -0.116. The second-order valence-corrected chi connectivity index (χ2v) is 6.37. The number of hydrogen-bond acceptors (Lipinski definition) is 2. The van der Waals surface area contributed by atoms with E-state index in [4.69, 9.17) is 0 Å². The molecule has 0 saturated heterocycles. The number of nitrogens with one attached hydrogen (secondary N) is 3. The minimum Gasteiger partial charge on any atom is -0.357 e. The molecule has 0 aliphatic rings. The molecule has 6 heteroatoms. The lowest BCUT2D eigenvalue weighted by atomic mass is 10.1. The first-order chi connectivity index (χ1) is 11.5. The fourth-order valence-corrected chi connectivity index (χ4v) is 2.02. The summed E-state index contributed by atoms with van der Waals surface area (Å²) in [6, 6.07) is 8.21. The Labute approximate surface area is 169 Å². The average Bonchev–Trinajstić information content (AvgIpc) is 2.54. The summed E-state index contributed by atoms with van der Waals surface area (Å²) in [5, 5.41) is 9.59. The monoisotopic (exact) mass is 460 g/mol. The molecule has 1 rings (SSSR count). The van der Waals surface area contributed by atoms with E-state index < -0.39 is 0 Å². The third-order valence-electron chi connectivity index (χ3n) is 3.84. The summed E-state index contributed by atoms with van der Waals surface area (Å²) in [5.74, 6) is 1.43. The van der Waals surface area contributed by atoms with Gasteiger partial charge in [-0.2, -0.15) is 0 Å². The van der Waals surface area contributed by atoms with Crippen LogP contribution in [-0.2, 0) is 11.3 Å². The standard InChI is InChI=1S/C19H32N4O.HI/c1-6-8-18(24)23-17-11-9-16(10-12-17)13-21-19(20-7-2)22-15(5)14(3)4;/h9-12,14-15H,6-8,13H2,1-5H3,(H,23,24)(H2,20,21,22);1H. The predicted molar refractivity (Wildman–Crippen MR) is 118 cm³/mol. The minimum atomic E-state index is 0. The summed E-state index contributed by atoms with van der Waals surface area (Å²) in [4.78, 5) is 16.2. The molecule has 5 nitrogen and oxygen atoms in total. The molecule has 0 spiro atoms. The Kier molecular flexibility index (Phi) is 12.3. The van der Waals surface area contributed by atoms with Crippen molar-refractivity contribution < 1.29 is 4.79 Å². The first-order valence-corrected chi connectivity index (χ1v) is 8.89. The number of guanidine groups is 1. The number of benzene rings is 1. The minimum absolute atomic E-state index is 0. The zero-order valence-corrected chi connectivity index (χ0v) is 18.4. The predicted octanol–water partition coefficient (Wildman–Crippen LogP) is 4.14. The van der Waals surface area contributed by atoms with Crippen LogP contribution >= 0.6 is 24.0 Å². The highest BCUT2D eigenvalue weighted by Crippen LogP contribution is 2.11. The van der Waals surface area contributed by atoms with Gasteiger partial charge < -0.3 is 16.0 Å². The Hall–Kier alpha value is -1.31. The zero-order chi connectivity index (χ0) is 17.9. The van der Waals surface area contributed by atoms with Crippen molar-refractivity contribution in [2.24, 2.45) is 10.9 Å². The summed E-state index contributed by atoms with van der Waals surface area (Å²) < 4.78 is 0. The Morgan fingerprint density at radius 2 is 1.76 bits per heavy atom. The van der Waals surface area contributed by atoms with Gasteiger partial charge in [0.25, 0.3) is 0 Å². The van der Waals surface area contributed by atoms with Gasteiger partial charge >= 0.3 is 0 Å². The van der Waals surface area contributed by atoms with Gasteiger partial charge in [0, 0.05) is 24.7 Å². The molecule has 1 aromatic rings. The van der Waals surface area contributed by atoms with Gasteiger partial charge in [-0.15, -0.1) is 24.0 Å². The molecular weight excluding hydrogens is 427 g/mol. The number of anilines is 1. The molecule has 1 aromatic carbocycles. The summed E-state index contributed by atoms with van der Waals surface area (Å²) >= 11 is 0. The summed E-state index contributed by atoms with van der Waals surface area (Å²) in [7, 11) is 0. The first-order valence-electron chi connectivity index (χ1n) is 8.89. The van der Waals surface area contributed by atoms with Crippen LogP contribution in [-0.4, -0.2) is 24.5 Å². The number of carbonyl (C=O) groups excluding carboxylic acids is 1. The van der Waals surface area contributed by atoms with Crippen molar-refractivity contribution in [1.82, 2.24) is 10.6 Å². The largest absolute Gasteiger partial charge is 0.357 e. The highest BCUT2D eigenvalue weighted by atomic mass is 127. The van der Waals surface area contributed by atoms with Crippen molar-refractivity contribution >= 4 is 41.5 Å². The molecule has 1 atom stereocenters. The second-order valence-electron chi connectivity index (χ2n) is 6.37. The van der Waals surface area contributed by atoms with E-state index in [1.165, 1.54) is 0 Å². The van der Waals surface area contributed by atoms with Crippen LogP contribution in [0.15, 0.2) is 29.3 Å². The fraction of sp³-hybridized carbons (Fsp3) is 0.579. The lowest BCUT2D eigenvalue weighted by Crippen LogP contribution is -2.44. The summed E-state index contributed by atoms with van der Waals surface area (Å²) in [6.07, 6.45) is 1.41. The van der Waals surface area contributed by atoms with E-state index in [1.807, 2.05) is 31.2 Å². The van der Waals surface area contributed by atoms with Crippen molar-refractivity contribution in [2.75, 3.05) is 11.9 Å². The maximum Gasteiger partial charge on any atom is 0.224 e. The van der Waals surface area contributed by atoms with Crippen LogP contribution in [0.25, 0.3) is 0 Å². The van der Waals surface area contributed by atoms with E-state index in [0.29, 0.717) is 24.9 Å². The highest BCUT2D eigenvalue weighted by Gasteiger charge is 2.08. The normalized spacial score (nSPS) is 12.3. The number of rotatable bonds is 8.